The van der Waals surface area contributed by atoms with Crippen LogP contribution in [0.25, 0.3) is 5.57 Å². The molecule has 2 saturated heterocycles. The smallest absolute Gasteiger partial charge is 0.257 e. The van der Waals surface area contributed by atoms with Gasteiger partial charge in [-0.1, -0.05) is 36.9 Å². The molecule has 0 bridgehead atoms. The van der Waals surface area contributed by atoms with Gasteiger partial charge in [0.1, 0.15) is 17.5 Å². The molecule has 0 saturated carbocycles. The number of nitrogens with one attached hydrogen (secondary N) is 2. The fraction of sp³-hybridized carbons (Fsp3) is 0.308. The number of hydrazine groups is 1. The molecule has 2 aromatic carbocycles. The molecule has 2 aromatic rings. The van der Waals surface area contributed by atoms with Crippen LogP contribution >= 0.6 is 0 Å². The van der Waals surface area contributed by atoms with E-state index >= 15 is 0 Å². The lowest BCUT2D eigenvalue weighted by atomic mass is 9.86. The summed E-state index contributed by atoms with van der Waals surface area (Å²) in [4.78, 5) is 28.7. The van der Waals surface area contributed by atoms with Gasteiger partial charge in [0.2, 0.25) is 5.91 Å². The van der Waals surface area contributed by atoms with Crippen molar-refractivity contribution in [2.24, 2.45) is 17.6 Å². The van der Waals surface area contributed by atoms with Crippen LogP contribution < -0.4 is 21.3 Å². The van der Waals surface area contributed by atoms with E-state index in [1.165, 1.54) is 6.08 Å². The van der Waals surface area contributed by atoms with Crippen molar-refractivity contribution in [1.29, 1.82) is 0 Å². The number of hydrogen-bond acceptors (Lipinski definition) is 6. The van der Waals surface area contributed by atoms with Crippen molar-refractivity contribution in [3.8, 4) is 11.5 Å². The standard InChI is InChI=1S/C26H29N5O3/c1-2-22(32)30-13-12-17(14-30)15-31-16-21(23-24(31)26(33)29-28-25(23)27)18-8-10-20(11-9-18)34-19-6-4-3-5-7-19/h2-11,16-17,23-25,28H,1,12-15,27H2,(H,29,33). The third-order valence-corrected chi connectivity index (χ3v) is 6.79. The molecule has 0 aliphatic carbocycles. The first-order chi connectivity index (χ1) is 16.5. The van der Waals surface area contributed by atoms with E-state index in [0.29, 0.717) is 19.6 Å². The van der Waals surface area contributed by atoms with E-state index in [9.17, 15) is 9.59 Å². The van der Waals surface area contributed by atoms with Crippen molar-refractivity contribution in [2.75, 3.05) is 19.6 Å². The number of nitrogens with zero attached hydrogens (tertiary/aromatic N) is 2. The van der Waals surface area contributed by atoms with Crippen molar-refractivity contribution in [2.45, 2.75) is 18.6 Å². The van der Waals surface area contributed by atoms with Crippen LogP contribution in [0.2, 0.25) is 0 Å². The summed E-state index contributed by atoms with van der Waals surface area (Å²) in [5.74, 6) is 1.46. The quantitative estimate of drug-likeness (QED) is 0.572. The van der Waals surface area contributed by atoms with Gasteiger partial charge in [0, 0.05) is 31.8 Å². The number of fused-ring (bicyclic) bond motifs is 1. The SMILES string of the molecule is C=CC(=O)N1CCC(CN2C=C(c3ccc(Oc4ccccc4)cc3)C3C(N)NNC(=O)C32)C1. The van der Waals surface area contributed by atoms with Crippen LogP contribution in [-0.2, 0) is 9.59 Å². The maximum absolute atomic E-state index is 12.9. The molecule has 5 rings (SSSR count). The lowest BCUT2D eigenvalue weighted by Crippen LogP contribution is -2.66. The molecular weight excluding hydrogens is 430 g/mol. The number of carbonyl (C=O) groups is 2. The van der Waals surface area contributed by atoms with Gasteiger partial charge in [0.25, 0.3) is 5.91 Å². The number of ether oxygens (including phenoxy) is 1. The molecule has 2 fully saturated rings. The Balaban J connectivity index is 1.36. The first-order valence-corrected chi connectivity index (χ1v) is 11.6. The zero-order valence-electron chi connectivity index (χ0n) is 18.9. The molecule has 8 heteroatoms. The van der Waals surface area contributed by atoms with E-state index < -0.39 is 12.2 Å². The normalized spacial score (nSPS) is 26.0. The Labute approximate surface area is 199 Å². The molecule has 0 aromatic heterocycles. The molecule has 4 atom stereocenters. The Morgan fingerprint density at radius 2 is 1.88 bits per heavy atom. The van der Waals surface area contributed by atoms with Crippen LogP contribution in [0, 0.1) is 11.8 Å². The minimum absolute atomic E-state index is 0.0440. The zero-order valence-corrected chi connectivity index (χ0v) is 18.9. The fourth-order valence-electron chi connectivity index (χ4n) is 5.13. The van der Waals surface area contributed by atoms with Crippen LogP contribution in [0.15, 0.2) is 73.5 Å². The molecule has 3 aliphatic heterocycles. The summed E-state index contributed by atoms with van der Waals surface area (Å²) in [6.45, 7) is 5.64. The molecule has 2 amide bonds. The van der Waals surface area contributed by atoms with Gasteiger partial charge in [0.05, 0.1) is 6.17 Å². The van der Waals surface area contributed by atoms with Crippen molar-refractivity contribution >= 4 is 17.4 Å². The minimum atomic E-state index is -0.415. The van der Waals surface area contributed by atoms with Gasteiger partial charge in [-0.05, 0) is 53.8 Å². The Morgan fingerprint density at radius 3 is 2.62 bits per heavy atom. The molecule has 4 N–H and O–H groups in total. The summed E-state index contributed by atoms with van der Waals surface area (Å²) < 4.78 is 5.92. The largest absolute Gasteiger partial charge is 0.457 e. The maximum Gasteiger partial charge on any atom is 0.257 e. The number of nitrogens with two attached hydrogens (primary N) is 1. The number of benzene rings is 2. The maximum atomic E-state index is 12.9. The highest BCUT2D eigenvalue weighted by molar-refractivity contribution is 5.89. The predicted octanol–water partition coefficient (Wildman–Crippen LogP) is 2.07. The van der Waals surface area contributed by atoms with Crippen LogP contribution in [0.3, 0.4) is 0 Å². The van der Waals surface area contributed by atoms with Gasteiger partial charge >= 0.3 is 0 Å². The van der Waals surface area contributed by atoms with Gasteiger partial charge in [-0.15, -0.1) is 0 Å². The molecule has 34 heavy (non-hydrogen) atoms. The number of hydrogen-bond donors (Lipinski definition) is 3. The number of amides is 2. The van der Waals surface area contributed by atoms with Crippen LogP contribution in [0.5, 0.6) is 11.5 Å². The Kier molecular flexibility index (Phi) is 6.08. The van der Waals surface area contributed by atoms with E-state index in [4.69, 9.17) is 10.5 Å². The van der Waals surface area contributed by atoms with E-state index in [-0.39, 0.29) is 23.7 Å². The summed E-state index contributed by atoms with van der Waals surface area (Å²) in [6.07, 6.45) is 3.90. The minimum Gasteiger partial charge on any atom is -0.457 e. The molecule has 3 aliphatic rings. The predicted molar refractivity (Wildman–Crippen MR) is 129 cm³/mol. The van der Waals surface area contributed by atoms with Gasteiger partial charge in [-0.3, -0.25) is 15.0 Å². The molecule has 0 spiro atoms. The second-order valence-electron chi connectivity index (χ2n) is 8.99. The topological polar surface area (TPSA) is 99.9 Å². The second-order valence-corrected chi connectivity index (χ2v) is 8.99. The first kappa shape index (κ1) is 22.2. The van der Waals surface area contributed by atoms with Crippen molar-refractivity contribution in [3.63, 3.8) is 0 Å². The lowest BCUT2D eigenvalue weighted by molar-refractivity contribution is -0.131. The van der Waals surface area contributed by atoms with Gasteiger partial charge in [0.15, 0.2) is 0 Å². The fourth-order valence-corrected chi connectivity index (χ4v) is 5.13. The summed E-state index contributed by atoms with van der Waals surface area (Å²) in [7, 11) is 0. The van der Waals surface area contributed by atoms with E-state index in [0.717, 1.165) is 29.1 Å². The first-order valence-electron chi connectivity index (χ1n) is 11.6. The highest BCUT2D eigenvalue weighted by Gasteiger charge is 2.47. The number of para-hydroxylation sites is 1. The van der Waals surface area contributed by atoms with Crippen molar-refractivity contribution in [3.05, 3.63) is 79.0 Å². The highest BCUT2D eigenvalue weighted by Crippen LogP contribution is 2.39. The van der Waals surface area contributed by atoms with Crippen LogP contribution in [0.4, 0.5) is 0 Å². The summed E-state index contributed by atoms with van der Waals surface area (Å²) in [5.41, 5.74) is 14.1. The average molecular weight is 460 g/mol. The summed E-state index contributed by atoms with van der Waals surface area (Å²) >= 11 is 0. The Hall–Kier alpha value is -3.62. The second kappa shape index (κ2) is 9.32. The monoisotopic (exact) mass is 459 g/mol. The molecule has 176 valence electrons. The van der Waals surface area contributed by atoms with Crippen molar-refractivity contribution in [1.82, 2.24) is 20.7 Å². The van der Waals surface area contributed by atoms with Gasteiger partial charge in [-0.25, -0.2) is 5.43 Å². The van der Waals surface area contributed by atoms with Gasteiger partial charge < -0.3 is 20.3 Å². The van der Waals surface area contributed by atoms with E-state index in [1.54, 1.807) is 0 Å². The number of rotatable bonds is 6. The summed E-state index contributed by atoms with van der Waals surface area (Å²) in [6, 6.07) is 17.1. The third-order valence-electron chi connectivity index (χ3n) is 6.79. The molecule has 8 nitrogen and oxygen atoms in total. The Bertz CT molecular complexity index is 1100. The molecule has 3 heterocycles. The molecule has 0 radical (unpaired) electrons. The van der Waals surface area contributed by atoms with E-state index in [2.05, 4.69) is 28.5 Å². The van der Waals surface area contributed by atoms with Crippen LogP contribution in [0.1, 0.15) is 12.0 Å². The summed E-state index contributed by atoms with van der Waals surface area (Å²) in [5, 5.41) is 0. The zero-order chi connectivity index (χ0) is 23.7. The third kappa shape index (κ3) is 4.30. The number of likely N-dealkylation sites (tertiary alicyclic amines) is 1. The average Bonchev–Trinajstić information content (AvgIpc) is 3.48. The molecular formula is C26H29N5O3. The van der Waals surface area contributed by atoms with Crippen LogP contribution in [-0.4, -0.2) is 53.5 Å². The van der Waals surface area contributed by atoms with Crippen molar-refractivity contribution < 1.29 is 14.3 Å². The van der Waals surface area contributed by atoms with E-state index in [1.807, 2.05) is 59.5 Å². The highest BCUT2D eigenvalue weighted by atomic mass is 16.5. The Morgan fingerprint density at radius 1 is 1.15 bits per heavy atom. The van der Waals surface area contributed by atoms with Gasteiger partial charge in [-0.2, -0.15) is 0 Å². The number of carbonyl (C=O) groups excluding carboxylic acids is 2. The lowest BCUT2D eigenvalue weighted by Gasteiger charge is -2.38. The molecule has 4 unspecified atom stereocenters.